The average molecular weight is 274 g/mol. The Morgan fingerprint density at radius 3 is 2.05 bits per heavy atom. The molecule has 0 rings (SSSR count). The molecule has 0 radical (unpaired) electrons. The van der Waals surface area contributed by atoms with Gasteiger partial charge in [0.25, 0.3) is 0 Å². The minimum absolute atomic E-state index is 0.0112. The van der Waals surface area contributed by atoms with Crippen LogP contribution in [0.15, 0.2) is 0 Å². The summed E-state index contributed by atoms with van der Waals surface area (Å²) in [6.07, 6.45) is 1.79. The predicted molar refractivity (Wildman–Crippen MR) is 82.4 cm³/mol. The molecule has 1 amide bonds. The van der Waals surface area contributed by atoms with Crippen LogP contribution >= 0.6 is 0 Å². The maximum absolute atomic E-state index is 10.8. The van der Waals surface area contributed by atoms with Gasteiger partial charge in [-0.3, -0.25) is 4.79 Å². The summed E-state index contributed by atoms with van der Waals surface area (Å²) in [7, 11) is 1.96. The van der Waals surface area contributed by atoms with E-state index in [9.17, 15) is 4.79 Å². The van der Waals surface area contributed by atoms with E-state index < -0.39 is 0 Å². The molecule has 0 aromatic carbocycles. The molecule has 0 aliphatic rings. The van der Waals surface area contributed by atoms with Crippen molar-refractivity contribution in [1.82, 2.24) is 10.6 Å². The summed E-state index contributed by atoms with van der Waals surface area (Å²) in [6, 6.07) is 0. The number of carbonyl (C=O) groups is 1. The smallest absolute Gasteiger partial charge is 0.216 e. The maximum Gasteiger partial charge on any atom is 0.216 e. The van der Waals surface area contributed by atoms with E-state index in [0.29, 0.717) is 6.54 Å². The Bertz CT molecular complexity index is 238. The minimum Gasteiger partial charge on any atom is -0.375 e. The number of rotatable bonds is 8. The lowest BCUT2D eigenvalue weighted by Gasteiger charge is -2.29. The van der Waals surface area contributed by atoms with Crippen molar-refractivity contribution < 1.29 is 9.53 Å². The Hall–Kier alpha value is -0.610. The summed E-state index contributed by atoms with van der Waals surface area (Å²) in [5.41, 5.74) is -0.0833. The third-order valence-electron chi connectivity index (χ3n) is 3.00. The lowest BCUT2D eigenvalue weighted by Crippen LogP contribution is -2.39. The summed E-state index contributed by atoms with van der Waals surface area (Å²) in [6.45, 7) is 15.3. The fourth-order valence-electron chi connectivity index (χ4n) is 1.32. The second-order valence-electron chi connectivity index (χ2n) is 5.73. The molecule has 0 aromatic heterocycles. The Kier molecular flexibility index (Phi) is 11.1. The monoisotopic (exact) mass is 274 g/mol. The van der Waals surface area contributed by atoms with E-state index in [2.05, 4.69) is 38.3 Å². The molecule has 4 nitrogen and oxygen atoms in total. The average Bonchev–Trinajstić information content (AvgIpc) is 2.30. The van der Waals surface area contributed by atoms with Crippen LogP contribution < -0.4 is 10.6 Å². The highest BCUT2D eigenvalue weighted by Crippen LogP contribution is 2.16. The lowest BCUT2D eigenvalue weighted by molar-refractivity contribution is -0.119. The van der Waals surface area contributed by atoms with Crippen LogP contribution in [0.4, 0.5) is 0 Å². The maximum atomic E-state index is 10.8. The van der Waals surface area contributed by atoms with Gasteiger partial charge in [0.15, 0.2) is 0 Å². The Morgan fingerprint density at radius 2 is 1.63 bits per heavy atom. The lowest BCUT2D eigenvalue weighted by atomic mass is 10.0. The van der Waals surface area contributed by atoms with E-state index in [1.54, 1.807) is 0 Å². The van der Waals surface area contributed by atoms with Crippen molar-refractivity contribution in [2.45, 2.75) is 72.4 Å². The number of amides is 1. The van der Waals surface area contributed by atoms with Gasteiger partial charge in [-0.2, -0.15) is 0 Å². The van der Waals surface area contributed by atoms with Gasteiger partial charge in [0.05, 0.1) is 5.60 Å². The normalized spacial score (nSPS) is 11.6. The first-order chi connectivity index (χ1) is 8.68. The first-order valence-corrected chi connectivity index (χ1v) is 7.26. The van der Waals surface area contributed by atoms with E-state index in [-0.39, 0.29) is 17.0 Å². The highest BCUT2D eigenvalue weighted by Gasteiger charge is 2.20. The van der Waals surface area contributed by atoms with Crippen molar-refractivity contribution in [3.63, 3.8) is 0 Å². The van der Waals surface area contributed by atoms with Gasteiger partial charge in [-0.15, -0.1) is 0 Å². The van der Waals surface area contributed by atoms with E-state index in [1.165, 1.54) is 6.92 Å². The fourth-order valence-corrected chi connectivity index (χ4v) is 1.32. The Labute approximate surface area is 119 Å². The molecule has 0 spiro atoms. The molecule has 0 aliphatic heterocycles. The summed E-state index contributed by atoms with van der Waals surface area (Å²) in [5.74, 6) is 0.0112. The fraction of sp³-hybridized carbons (Fsp3) is 0.933. The quantitative estimate of drug-likeness (QED) is 0.715. The number of hydrogen-bond donors (Lipinski definition) is 2. The number of nitrogens with one attached hydrogen (secondary N) is 2. The van der Waals surface area contributed by atoms with E-state index >= 15 is 0 Å². The Balaban J connectivity index is 0. The summed E-state index contributed by atoms with van der Waals surface area (Å²) in [4.78, 5) is 10.8. The molecular formula is C15H34N2O2. The minimum atomic E-state index is -0.188. The van der Waals surface area contributed by atoms with Crippen LogP contribution in [0.25, 0.3) is 0 Å². The summed E-state index contributed by atoms with van der Waals surface area (Å²) in [5, 5.41) is 6.04. The standard InChI is InChI=1S/C13H28N2O2.C2H6/c1-11(16)15-9-7-13(4,5)17-10-8-12(2,3)14-6;1-2/h14H,7-10H2,1-6H3,(H,15,16);1-2H3. The zero-order chi connectivity index (χ0) is 15.5. The van der Waals surface area contributed by atoms with Gasteiger partial charge in [-0.1, -0.05) is 13.8 Å². The molecule has 116 valence electrons. The molecule has 0 atom stereocenters. The second-order valence-corrected chi connectivity index (χ2v) is 5.73. The van der Waals surface area contributed by atoms with Crippen molar-refractivity contribution >= 4 is 5.91 Å². The molecule has 0 saturated carbocycles. The zero-order valence-corrected chi connectivity index (χ0v) is 14.1. The van der Waals surface area contributed by atoms with Gasteiger partial charge < -0.3 is 15.4 Å². The van der Waals surface area contributed by atoms with Gasteiger partial charge in [-0.25, -0.2) is 0 Å². The second kappa shape index (κ2) is 10.2. The zero-order valence-electron chi connectivity index (χ0n) is 14.1. The SMILES string of the molecule is CC.CNC(C)(C)CCOC(C)(C)CCNC(C)=O. The molecule has 0 fully saturated rings. The van der Waals surface area contributed by atoms with Crippen molar-refractivity contribution in [3.05, 3.63) is 0 Å². The molecule has 19 heavy (non-hydrogen) atoms. The van der Waals surface area contributed by atoms with Crippen molar-refractivity contribution in [2.24, 2.45) is 0 Å². The van der Waals surface area contributed by atoms with Gasteiger partial charge >= 0.3 is 0 Å². The van der Waals surface area contributed by atoms with Gasteiger partial charge in [0, 0.05) is 25.6 Å². The van der Waals surface area contributed by atoms with Gasteiger partial charge in [0.2, 0.25) is 5.91 Å². The third kappa shape index (κ3) is 13.6. The number of ether oxygens (including phenoxy) is 1. The molecule has 0 heterocycles. The highest BCUT2D eigenvalue weighted by molar-refractivity contribution is 5.72. The third-order valence-corrected chi connectivity index (χ3v) is 3.00. The topological polar surface area (TPSA) is 50.4 Å². The van der Waals surface area contributed by atoms with E-state index in [1.807, 2.05) is 20.9 Å². The molecule has 2 N–H and O–H groups in total. The largest absolute Gasteiger partial charge is 0.375 e. The predicted octanol–water partition coefficient (Wildman–Crippen LogP) is 2.72. The van der Waals surface area contributed by atoms with Crippen LogP contribution in [-0.4, -0.2) is 37.2 Å². The van der Waals surface area contributed by atoms with E-state index in [4.69, 9.17) is 4.74 Å². The number of carbonyl (C=O) groups excluding carboxylic acids is 1. The van der Waals surface area contributed by atoms with Crippen molar-refractivity contribution in [1.29, 1.82) is 0 Å². The van der Waals surface area contributed by atoms with Crippen LogP contribution in [0, 0.1) is 0 Å². The molecule has 0 unspecified atom stereocenters. The highest BCUT2D eigenvalue weighted by atomic mass is 16.5. The molecule has 0 bridgehead atoms. The summed E-state index contributed by atoms with van der Waals surface area (Å²) < 4.78 is 5.86. The van der Waals surface area contributed by atoms with Crippen LogP contribution in [0.1, 0.15) is 61.3 Å². The first kappa shape index (κ1) is 20.7. The molecule has 0 aliphatic carbocycles. The van der Waals surface area contributed by atoms with Crippen molar-refractivity contribution in [2.75, 3.05) is 20.2 Å². The Morgan fingerprint density at radius 1 is 1.11 bits per heavy atom. The molecule has 0 aromatic rings. The molecule has 4 heteroatoms. The first-order valence-electron chi connectivity index (χ1n) is 7.26. The van der Waals surface area contributed by atoms with Gasteiger partial charge in [-0.05, 0) is 47.6 Å². The van der Waals surface area contributed by atoms with Gasteiger partial charge in [0.1, 0.15) is 0 Å². The van der Waals surface area contributed by atoms with Crippen LogP contribution in [0.2, 0.25) is 0 Å². The summed E-state index contributed by atoms with van der Waals surface area (Å²) >= 11 is 0. The van der Waals surface area contributed by atoms with Crippen LogP contribution in [0.5, 0.6) is 0 Å². The van der Waals surface area contributed by atoms with Crippen LogP contribution in [-0.2, 0) is 9.53 Å². The number of hydrogen-bond acceptors (Lipinski definition) is 3. The van der Waals surface area contributed by atoms with E-state index in [0.717, 1.165) is 19.4 Å². The van der Waals surface area contributed by atoms with Crippen LogP contribution in [0.3, 0.4) is 0 Å². The molecule has 0 saturated heterocycles. The molecular weight excluding hydrogens is 240 g/mol. The van der Waals surface area contributed by atoms with Crippen molar-refractivity contribution in [3.8, 4) is 0 Å².